The molecule has 22 heavy (non-hydrogen) atoms. The van der Waals surface area contributed by atoms with E-state index < -0.39 is 0 Å². The number of hydrogen-bond acceptors (Lipinski definition) is 4. The highest BCUT2D eigenvalue weighted by atomic mass is 35.5. The van der Waals surface area contributed by atoms with E-state index in [1.165, 1.54) is 5.56 Å². The van der Waals surface area contributed by atoms with Crippen molar-refractivity contribution >= 4 is 18.3 Å². The molecule has 2 aliphatic heterocycles. The van der Waals surface area contributed by atoms with Crippen LogP contribution in [-0.2, 0) is 21.6 Å². The summed E-state index contributed by atoms with van der Waals surface area (Å²) in [6, 6.07) is 0. The Morgan fingerprint density at radius 2 is 2.09 bits per heavy atom. The first-order valence-corrected chi connectivity index (χ1v) is 7.94. The molecule has 0 radical (unpaired) electrons. The summed E-state index contributed by atoms with van der Waals surface area (Å²) in [6.07, 6.45) is 6.70. The number of ether oxygens (including phenoxy) is 1. The van der Waals surface area contributed by atoms with Crippen molar-refractivity contribution in [2.75, 3.05) is 19.7 Å². The Balaban J connectivity index is 0.00000144. The lowest BCUT2D eigenvalue weighted by Crippen LogP contribution is -2.49. The van der Waals surface area contributed by atoms with Crippen LogP contribution in [0.4, 0.5) is 0 Å². The highest BCUT2D eigenvalue weighted by molar-refractivity contribution is 5.85. The number of rotatable bonds is 1. The third-order valence-corrected chi connectivity index (χ3v) is 4.98. The minimum atomic E-state index is -0.290. The second kappa shape index (κ2) is 5.78. The first-order valence-electron chi connectivity index (χ1n) is 7.94. The summed E-state index contributed by atoms with van der Waals surface area (Å²) in [5.74, 6) is 1.46. The number of carbonyl (C=O) groups is 1. The molecule has 2 fully saturated rings. The molecule has 3 heterocycles. The van der Waals surface area contributed by atoms with Gasteiger partial charge in [-0.15, -0.1) is 12.4 Å². The topological polar surface area (TPSA) is 55.3 Å². The van der Waals surface area contributed by atoms with E-state index in [-0.39, 0.29) is 18.0 Å². The van der Waals surface area contributed by atoms with Crippen LogP contribution in [0.2, 0.25) is 0 Å². The quantitative estimate of drug-likeness (QED) is 0.793. The van der Waals surface area contributed by atoms with Crippen molar-refractivity contribution in [2.24, 2.45) is 5.92 Å². The number of nitrogens with zero attached hydrogens (tertiary/aromatic N) is 3. The van der Waals surface area contributed by atoms with Gasteiger partial charge in [0.25, 0.3) is 0 Å². The van der Waals surface area contributed by atoms with E-state index >= 15 is 0 Å². The molecule has 1 spiro atoms. The van der Waals surface area contributed by atoms with Crippen molar-refractivity contribution in [3.05, 3.63) is 23.3 Å². The van der Waals surface area contributed by atoms with Crippen molar-refractivity contribution in [3.63, 3.8) is 0 Å². The zero-order valence-corrected chi connectivity index (χ0v) is 13.7. The summed E-state index contributed by atoms with van der Waals surface area (Å²) in [4.78, 5) is 23.2. The third kappa shape index (κ3) is 2.61. The van der Waals surface area contributed by atoms with Gasteiger partial charge in [0.2, 0.25) is 5.91 Å². The molecule has 0 unspecified atom stereocenters. The first-order chi connectivity index (χ1) is 10.2. The highest BCUT2D eigenvalue weighted by Crippen LogP contribution is 2.41. The molecule has 5 nitrogen and oxygen atoms in total. The normalized spacial score (nSPS) is 22.9. The molecule has 0 aromatic carbocycles. The van der Waals surface area contributed by atoms with Crippen LogP contribution in [-0.4, -0.2) is 40.5 Å². The Kier molecular flexibility index (Phi) is 4.12. The van der Waals surface area contributed by atoms with Crippen LogP contribution in [0.25, 0.3) is 0 Å². The number of hydrogen-bond donors (Lipinski definition) is 0. The van der Waals surface area contributed by atoms with Gasteiger partial charge in [-0.1, -0.05) is 0 Å². The summed E-state index contributed by atoms with van der Waals surface area (Å²) < 4.78 is 6.16. The van der Waals surface area contributed by atoms with Gasteiger partial charge in [0.15, 0.2) is 0 Å². The SMILES string of the molecule is Cc1ncc2c(n1)C1(CCN(C(=O)C3CC3)CC1)OCC2.Cl. The van der Waals surface area contributed by atoms with E-state index in [0.717, 1.165) is 63.3 Å². The zero-order valence-electron chi connectivity index (χ0n) is 12.9. The molecule has 0 bridgehead atoms. The van der Waals surface area contributed by atoms with Gasteiger partial charge >= 0.3 is 0 Å². The van der Waals surface area contributed by atoms with Gasteiger partial charge in [-0.25, -0.2) is 9.97 Å². The Morgan fingerprint density at radius 3 is 2.77 bits per heavy atom. The lowest BCUT2D eigenvalue weighted by molar-refractivity contribution is -0.142. The summed E-state index contributed by atoms with van der Waals surface area (Å²) in [7, 11) is 0. The summed E-state index contributed by atoms with van der Waals surface area (Å²) in [6.45, 7) is 4.24. The first kappa shape index (κ1) is 15.7. The standard InChI is InChI=1S/C16H21N3O2.ClH/c1-11-17-10-13-4-9-21-16(14(13)18-11)5-7-19(8-6-16)15(20)12-2-3-12;/h10,12H,2-9H2,1H3;1H. The lowest BCUT2D eigenvalue weighted by atomic mass is 9.83. The van der Waals surface area contributed by atoms with Crippen molar-refractivity contribution in [3.8, 4) is 0 Å². The number of halogens is 1. The van der Waals surface area contributed by atoms with Crippen molar-refractivity contribution in [1.82, 2.24) is 14.9 Å². The molecular formula is C16H22ClN3O2. The highest BCUT2D eigenvalue weighted by Gasteiger charge is 2.44. The number of amides is 1. The molecule has 3 aliphatic rings. The molecule has 1 aromatic rings. The van der Waals surface area contributed by atoms with E-state index in [9.17, 15) is 4.79 Å². The average molecular weight is 324 g/mol. The molecular weight excluding hydrogens is 302 g/mol. The Labute approximate surface area is 136 Å². The van der Waals surface area contributed by atoms with Gasteiger partial charge < -0.3 is 9.64 Å². The number of aryl methyl sites for hydroxylation is 1. The van der Waals surface area contributed by atoms with Crippen LogP contribution in [0.15, 0.2) is 6.20 Å². The molecule has 1 aliphatic carbocycles. The second-order valence-corrected chi connectivity index (χ2v) is 6.48. The molecule has 0 N–H and O–H groups in total. The smallest absolute Gasteiger partial charge is 0.225 e. The maximum atomic E-state index is 12.2. The predicted molar refractivity (Wildman–Crippen MR) is 83.9 cm³/mol. The number of fused-ring (bicyclic) bond motifs is 2. The van der Waals surface area contributed by atoms with Gasteiger partial charge in [0.1, 0.15) is 11.4 Å². The minimum Gasteiger partial charge on any atom is -0.368 e. The molecule has 120 valence electrons. The van der Waals surface area contributed by atoms with Crippen LogP contribution in [0.5, 0.6) is 0 Å². The molecule has 0 atom stereocenters. The second-order valence-electron chi connectivity index (χ2n) is 6.48. The van der Waals surface area contributed by atoms with Crippen LogP contribution in [0, 0.1) is 12.8 Å². The number of likely N-dealkylation sites (tertiary alicyclic amines) is 1. The minimum absolute atomic E-state index is 0. The summed E-state index contributed by atoms with van der Waals surface area (Å²) in [5.41, 5.74) is 2.00. The maximum Gasteiger partial charge on any atom is 0.225 e. The fourth-order valence-corrected chi connectivity index (χ4v) is 3.56. The predicted octanol–water partition coefficient (Wildman–Crippen LogP) is 2.01. The molecule has 4 rings (SSSR count). The van der Waals surface area contributed by atoms with E-state index in [0.29, 0.717) is 11.8 Å². The van der Waals surface area contributed by atoms with E-state index in [1.54, 1.807) is 0 Å². The number of carbonyl (C=O) groups excluding carboxylic acids is 1. The van der Waals surface area contributed by atoms with E-state index in [1.807, 2.05) is 18.0 Å². The van der Waals surface area contributed by atoms with Gasteiger partial charge in [0.05, 0.1) is 12.3 Å². The van der Waals surface area contributed by atoms with Crippen molar-refractivity contribution < 1.29 is 9.53 Å². The zero-order chi connectivity index (χ0) is 14.4. The van der Waals surface area contributed by atoms with Gasteiger partial charge in [-0.3, -0.25) is 4.79 Å². The van der Waals surface area contributed by atoms with Gasteiger partial charge in [-0.2, -0.15) is 0 Å². The van der Waals surface area contributed by atoms with Gasteiger partial charge in [0, 0.05) is 25.2 Å². The van der Waals surface area contributed by atoms with Crippen LogP contribution in [0.3, 0.4) is 0 Å². The van der Waals surface area contributed by atoms with E-state index in [4.69, 9.17) is 4.74 Å². The van der Waals surface area contributed by atoms with Crippen molar-refractivity contribution in [2.45, 2.75) is 44.6 Å². The Hall–Kier alpha value is -1.20. The third-order valence-electron chi connectivity index (χ3n) is 4.98. The van der Waals surface area contributed by atoms with Crippen LogP contribution in [0.1, 0.15) is 42.8 Å². The fraction of sp³-hybridized carbons (Fsp3) is 0.688. The average Bonchev–Trinajstić information content (AvgIpc) is 3.33. The lowest BCUT2D eigenvalue weighted by Gasteiger charge is -2.44. The maximum absolute atomic E-state index is 12.2. The van der Waals surface area contributed by atoms with E-state index in [2.05, 4.69) is 9.97 Å². The Bertz CT molecular complexity index is 581. The van der Waals surface area contributed by atoms with Crippen molar-refractivity contribution in [1.29, 1.82) is 0 Å². The Morgan fingerprint density at radius 1 is 1.36 bits per heavy atom. The summed E-state index contributed by atoms with van der Waals surface area (Å²) >= 11 is 0. The molecule has 1 amide bonds. The molecule has 1 saturated heterocycles. The van der Waals surface area contributed by atoms with Crippen LogP contribution < -0.4 is 0 Å². The summed E-state index contributed by atoms with van der Waals surface area (Å²) in [5, 5.41) is 0. The monoisotopic (exact) mass is 323 g/mol. The number of piperidine rings is 1. The molecule has 6 heteroatoms. The fourth-order valence-electron chi connectivity index (χ4n) is 3.56. The largest absolute Gasteiger partial charge is 0.368 e. The van der Waals surface area contributed by atoms with Crippen LogP contribution >= 0.6 is 12.4 Å². The molecule has 1 aromatic heterocycles. The van der Waals surface area contributed by atoms with Gasteiger partial charge in [-0.05, 0) is 44.6 Å². The molecule has 1 saturated carbocycles. The number of aromatic nitrogens is 2.